The number of aryl methyl sites for hydroxylation is 2. The molecule has 0 saturated carbocycles. The van der Waals surface area contributed by atoms with E-state index in [0.29, 0.717) is 24.6 Å². The van der Waals surface area contributed by atoms with E-state index >= 15 is 0 Å². The zero-order valence-corrected chi connectivity index (χ0v) is 10.9. The highest BCUT2D eigenvalue weighted by atomic mass is 16.2. The molecule has 7 nitrogen and oxygen atoms in total. The summed E-state index contributed by atoms with van der Waals surface area (Å²) in [7, 11) is 0. The molecule has 0 radical (unpaired) electrons. The molecule has 2 aromatic heterocycles. The van der Waals surface area contributed by atoms with Crippen molar-refractivity contribution >= 4 is 11.6 Å². The summed E-state index contributed by atoms with van der Waals surface area (Å²) in [5, 5.41) is 6.84. The number of nitrogens with two attached hydrogens (primary N) is 1. The van der Waals surface area contributed by atoms with Crippen LogP contribution in [-0.4, -0.2) is 25.7 Å². The van der Waals surface area contributed by atoms with Crippen LogP contribution in [0.3, 0.4) is 0 Å². The lowest BCUT2D eigenvalue weighted by atomic mass is 10.3. The van der Waals surface area contributed by atoms with Crippen molar-refractivity contribution in [1.29, 1.82) is 0 Å². The van der Waals surface area contributed by atoms with E-state index < -0.39 is 0 Å². The van der Waals surface area contributed by atoms with Crippen LogP contribution in [0.15, 0.2) is 18.5 Å². The minimum absolute atomic E-state index is 0.243. The first-order chi connectivity index (χ1) is 9.10. The number of nitrogens with one attached hydrogen (secondary N) is 1. The molecular formula is C12H16N6O. The molecule has 0 aliphatic heterocycles. The maximum atomic E-state index is 11.9. The van der Waals surface area contributed by atoms with Gasteiger partial charge in [-0.15, -0.1) is 0 Å². The summed E-state index contributed by atoms with van der Waals surface area (Å²) < 4.78 is 1.62. The summed E-state index contributed by atoms with van der Waals surface area (Å²) in [6.07, 6.45) is 3.30. The van der Waals surface area contributed by atoms with Crippen LogP contribution in [0.2, 0.25) is 0 Å². The van der Waals surface area contributed by atoms with Crippen LogP contribution >= 0.6 is 0 Å². The first-order valence-corrected chi connectivity index (χ1v) is 5.99. The van der Waals surface area contributed by atoms with Crippen LogP contribution < -0.4 is 11.1 Å². The highest BCUT2D eigenvalue weighted by Gasteiger charge is 2.14. The Hall–Kier alpha value is -2.44. The summed E-state index contributed by atoms with van der Waals surface area (Å²) >= 11 is 0. The second-order valence-electron chi connectivity index (χ2n) is 4.07. The van der Waals surface area contributed by atoms with Crippen molar-refractivity contribution in [2.75, 3.05) is 5.73 Å². The molecule has 0 bridgehead atoms. The topological polar surface area (TPSA) is 98.7 Å². The molecule has 0 aliphatic rings. The van der Waals surface area contributed by atoms with Gasteiger partial charge in [0.25, 0.3) is 5.91 Å². The highest BCUT2D eigenvalue weighted by Crippen LogP contribution is 2.08. The van der Waals surface area contributed by atoms with Crippen molar-refractivity contribution in [3.8, 4) is 0 Å². The van der Waals surface area contributed by atoms with Crippen LogP contribution in [0.4, 0.5) is 5.69 Å². The summed E-state index contributed by atoms with van der Waals surface area (Å²) in [5.41, 5.74) is 7.10. The van der Waals surface area contributed by atoms with Crippen molar-refractivity contribution in [1.82, 2.24) is 25.1 Å². The smallest absolute Gasteiger partial charge is 0.274 e. The number of hydrogen-bond donors (Lipinski definition) is 2. The van der Waals surface area contributed by atoms with Crippen LogP contribution in [-0.2, 0) is 13.1 Å². The molecule has 0 fully saturated rings. The fourth-order valence-electron chi connectivity index (χ4n) is 1.63. The molecule has 2 rings (SSSR count). The number of nitrogen functional groups attached to an aromatic ring is 1. The second-order valence-corrected chi connectivity index (χ2v) is 4.07. The largest absolute Gasteiger partial charge is 0.396 e. The Morgan fingerprint density at radius 3 is 2.95 bits per heavy atom. The van der Waals surface area contributed by atoms with E-state index in [9.17, 15) is 4.79 Å². The van der Waals surface area contributed by atoms with E-state index in [1.807, 2.05) is 6.92 Å². The van der Waals surface area contributed by atoms with Gasteiger partial charge in [0.15, 0.2) is 5.69 Å². The van der Waals surface area contributed by atoms with Gasteiger partial charge >= 0.3 is 0 Å². The monoisotopic (exact) mass is 260 g/mol. The normalized spacial score (nSPS) is 10.4. The van der Waals surface area contributed by atoms with E-state index in [1.165, 1.54) is 0 Å². The molecule has 7 heteroatoms. The maximum Gasteiger partial charge on any atom is 0.274 e. The second kappa shape index (κ2) is 5.47. The maximum absolute atomic E-state index is 11.9. The molecule has 2 heterocycles. The minimum Gasteiger partial charge on any atom is -0.396 e. The number of carbonyl (C=O) groups excluding carboxylic acids is 1. The number of anilines is 1. The lowest BCUT2D eigenvalue weighted by Crippen LogP contribution is -2.25. The van der Waals surface area contributed by atoms with Crippen LogP contribution in [0.25, 0.3) is 0 Å². The molecule has 3 N–H and O–H groups in total. The fraction of sp³-hybridized carbons (Fsp3) is 0.333. The Morgan fingerprint density at radius 1 is 1.53 bits per heavy atom. The average molecular weight is 260 g/mol. The number of nitrogens with zero attached hydrogens (tertiary/aromatic N) is 4. The van der Waals surface area contributed by atoms with Crippen molar-refractivity contribution < 1.29 is 4.79 Å². The predicted octanol–water partition coefficient (Wildman–Crippen LogP) is 0.514. The number of aromatic nitrogens is 4. The third-order valence-corrected chi connectivity index (χ3v) is 2.59. The van der Waals surface area contributed by atoms with E-state index in [2.05, 4.69) is 20.4 Å². The first-order valence-electron chi connectivity index (χ1n) is 5.99. The van der Waals surface area contributed by atoms with Gasteiger partial charge in [-0.3, -0.25) is 9.48 Å². The average Bonchev–Trinajstić information content (AvgIpc) is 2.77. The van der Waals surface area contributed by atoms with Crippen LogP contribution in [0.1, 0.15) is 28.9 Å². The molecule has 0 atom stereocenters. The summed E-state index contributed by atoms with van der Waals surface area (Å²) in [6.45, 7) is 4.72. The summed E-state index contributed by atoms with van der Waals surface area (Å²) in [6, 6.07) is 1.75. The molecule has 0 aromatic carbocycles. The molecule has 0 spiro atoms. The molecule has 100 valence electrons. The Morgan fingerprint density at radius 2 is 2.32 bits per heavy atom. The molecule has 19 heavy (non-hydrogen) atoms. The standard InChI is InChI=1S/C12H16N6O/c1-3-18-7-10(13)11(17-18)12(19)15-6-9-4-5-14-8(2)16-9/h4-5,7H,3,6,13H2,1-2H3,(H,15,19). The van der Waals surface area contributed by atoms with Gasteiger partial charge in [-0.05, 0) is 19.9 Å². The van der Waals surface area contributed by atoms with E-state index in [4.69, 9.17) is 5.73 Å². The van der Waals surface area contributed by atoms with Gasteiger partial charge in [-0.25, -0.2) is 9.97 Å². The zero-order valence-electron chi connectivity index (χ0n) is 10.9. The number of carbonyl (C=O) groups is 1. The number of amides is 1. The van der Waals surface area contributed by atoms with Crippen LogP contribution in [0, 0.1) is 6.92 Å². The summed E-state index contributed by atoms with van der Waals surface area (Å²) in [5.74, 6) is 0.363. The predicted molar refractivity (Wildman–Crippen MR) is 70.3 cm³/mol. The number of hydrogen-bond acceptors (Lipinski definition) is 5. The lowest BCUT2D eigenvalue weighted by Gasteiger charge is -2.03. The van der Waals surface area contributed by atoms with Gasteiger partial charge in [0.2, 0.25) is 0 Å². The Labute approximate surface area is 110 Å². The third-order valence-electron chi connectivity index (χ3n) is 2.59. The third kappa shape index (κ3) is 3.06. The highest BCUT2D eigenvalue weighted by molar-refractivity contribution is 5.96. The van der Waals surface area contributed by atoms with Crippen LogP contribution in [0.5, 0.6) is 0 Å². The summed E-state index contributed by atoms with van der Waals surface area (Å²) in [4.78, 5) is 20.1. The first kappa shape index (κ1) is 13.0. The fourth-order valence-corrected chi connectivity index (χ4v) is 1.63. The quantitative estimate of drug-likeness (QED) is 0.834. The van der Waals surface area contributed by atoms with Crippen molar-refractivity contribution in [2.24, 2.45) is 0 Å². The zero-order chi connectivity index (χ0) is 13.8. The van der Waals surface area contributed by atoms with E-state index in [0.717, 1.165) is 5.69 Å². The molecule has 0 unspecified atom stereocenters. The lowest BCUT2D eigenvalue weighted by molar-refractivity contribution is 0.0945. The number of rotatable bonds is 4. The Bertz CT molecular complexity index is 592. The van der Waals surface area contributed by atoms with Gasteiger partial charge in [0.05, 0.1) is 17.9 Å². The van der Waals surface area contributed by atoms with Crippen molar-refractivity contribution in [3.63, 3.8) is 0 Å². The Kier molecular flexibility index (Phi) is 3.74. The van der Waals surface area contributed by atoms with Gasteiger partial charge in [0.1, 0.15) is 5.82 Å². The molecule has 2 aromatic rings. The SMILES string of the molecule is CCn1cc(N)c(C(=O)NCc2ccnc(C)n2)n1. The van der Waals surface area contributed by atoms with Gasteiger partial charge in [0, 0.05) is 18.9 Å². The molecule has 0 saturated heterocycles. The molecule has 1 amide bonds. The van der Waals surface area contributed by atoms with Gasteiger partial charge < -0.3 is 11.1 Å². The van der Waals surface area contributed by atoms with Gasteiger partial charge in [-0.2, -0.15) is 5.10 Å². The van der Waals surface area contributed by atoms with Crippen molar-refractivity contribution in [3.05, 3.63) is 35.7 Å². The van der Waals surface area contributed by atoms with E-state index in [-0.39, 0.29) is 11.6 Å². The molecular weight excluding hydrogens is 244 g/mol. The van der Waals surface area contributed by atoms with Gasteiger partial charge in [-0.1, -0.05) is 0 Å². The molecule has 0 aliphatic carbocycles. The Balaban J connectivity index is 2.03. The van der Waals surface area contributed by atoms with Crippen molar-refractivity contribution in [2.45, 2.75) is 26.9 Å². The van der Waals surface area contributed by atoms with E-state index in [1.54, 1.807) is 30.1 Å². The minimum atomic E-state index is -0.305.